The van der Waals surface area contributed by atoms with E-state index in [-0.39, 0.29) is 12.2 Å². The fraction of sp³-hybridized carbons (Fsp3) is 0.143. The van der Waals surface area contributed by atoms with Crippen LogP contribution < -0.4 is 9.47 Å². The molecule has 0 saturated heterocycles. The summed E-state index contributed by atoms with van der Waals surface area (Å²) in [5.41, 5.74) is 0.984. The van der Waals surface area contributed by atoms with Gasteiger partial charge < -0.3 is 14.6 Å². The van der Waals surface area contributed by atoms with E-state index >= 15 is 0 Å². The van der Waals surface area contributed by atoms with E-state index in [0.29, 0.717) is 5.75 Å². The first-order chi connectivity index (χ1) is 9.60. The van der Waals surface area contributed by atoms with Crippen molar-refractivity contribution in [2.24, 2.45) is 0 Å². The normalized spacial score (nSPS) is 10.1. The highest BCUT2D eigenvalue weighted by atomic mass is 79.9. The van der Waals surface area contributed by atoms with Crippen LogP contribution in [0.2, 0.25) is 0 Å². The van der Waals surface area contributed by atoms with Gasteiger partial charge in [-0.3, -0.25) is 4.98 Å². The average Bonchev–Trinajstić information content (AvgIpc) is 2.46. The SMILES string of the molecule is COc1ccc(Br)c(COc2cncc(C(=O)O)c2)c1. The molecule has 0 fully saturated rings. The summed E-state index contributed by atoms with van der Waals surface area (Å²) in [6, 6.07) is 6.98. The largest absolute Gasteiger partial charge is 0.497 e. The van der Waals surface area contributed by atoms with E-state index in [9.17, 15) is 4.79 Å². The zero-order valence-electron chi connectivity index (χ0n) is 10.7. The number of carboxylic acid groups (broad SMARTS) is 1. The lowest BCUT2D eigenvalue weighted by molar-refractivity contribution is 0.0696. The molecule has 0 aliphatic rings. The average molecular weight is 338 g/mol. The van der Waals surface area contributed by atoms with Crippen LogP contribution in [0.1, 0.15) is 15.9 Å². The van der Waals surface area contributed by atoms with E-state index in [4.69, 9.17) is 14.6 Å². The summed E-state index contributed by atoms with van der Waals surface area (Å²) in [4.78, 5) is 14.7. The molecule has 1 N–H and O–H groups in total. The Balaban J connectivity index is 2.12. The van der Waals surface area contributed by atoms with Crippen molar-refractivity contribution in [1.29, 1.82) is 0 Å². The number of carboxylic acids is 1. The van der Waals surface area contributed by atoms with Crippen molar-refractivity contribution in [3.63, 3.8) is 0 Å². The minimum Gasteiger partial charge on any atom is -0.497 e. The molecule has 0 unspecified atom stereocenters. The summed E-state index contributed by atoms with van der Waals surface area (Å²) < 4.78 is 11.6. The molecule has 0 bridgehead atoms. The van der Waals surface area contributed by atoms with Crippen LogP contribution in [0, 0.1) is 0 Å². The number of aromatic carboxylic acids is 1. The van der Waals surface area contributed by atoms with Crippen LogP contribution >= 0.6 is 15.9 Å². The third-order valence-electron chi connectivity index (χ3n) is 2.61. The molecule has 0 amide bonds. The minimum absolute atomic E-state index is 0.0900. The van der Waals surface area contributed by atoms with Crippen molar-refractivity contribution < 1.29 is 19.4 Å². The van der Waals surface area contributed by atoms with Crippen molar-refractivity contribution in [3.05, 3.63) is 52.3 Å². The Morgan fingerprint density at radius 3 is 2.80 bits per heavy atom. The molecule has 0 aliphatic heterocycles. The molecule has 1 heterocycles. The second-order valence-electron chi connectivity index (χ2n) is 3.96. The summed E-state index contributed by atoms with van der Waals surface area (Å²) in [5.74, 6) is 0.0920. The van der Waals surface area contributed by atoms with Gasteiger partial charge in [0.05, 0.1) is 18.9 Å². The molecule has 0 atom stereocenters. The Hall–Kier alpha value is -2.08. The number of ether oxygens (including phenoxy) is 2. The summed E-state index contributed by atoms with van der Waals surface area (Å²) >= 11 is 3.43. The summed E-state index contributed by atoms with van der Waals surface area (Å²) in [6.07, 6.45) is 2.75. The molecule has 2 rings (SSSR count). The second-order valence-corrected chi connectivity index (χ2v) is 4.81. The van der Waals surface area contributed by atoms with E-state index in [1.54, 1.807) is 7.11 Å². The Labute approximate surface area is 124 Å². The van der Waals surface area contributed by atoms with Gasteiger partial charge in [-0.05, 0) is 24.3 Å². The molecule has 104 valence electrons. The maximum atomic E-state index is 10.8. The Kier molecular flexibility index (Phi) is 4.57. The molecule has 20 heavy (non-hydrogen) atoms. The van der Waals surface area contributed by atoms with Gasteiger partial charge in [0.15, 0.2) is 0 Å². The van der Waals surface area contributed by atoms with E-state index in [1.165, 1.54) is 18.5 Å². The monoisotopic (exact) mass is 337 g/mol. The number of nitrogens with zero attached hydrogens (tertiary/aromatic N) is 1. The molecular formula is C14H12BrNO4. The van der Waals surface area contributed by atoms with Gasteiger partial charge >= 0.3 is 5.97 Å². The summed E-state index contributed by atoms with van der Waals surface area (Å²) in [5, 5.41) is 8.89. The number of hydrogen-bond donors (Lipinski definition) is 1. The Bertz CT molecular complexity index is 630. The predicted octanol–water partition coefficient (Wildman–Crippen LogP) is 3.13. The Morgan fingerprint density at radius 1 is 1.30 bits per heavy atom. The lowest BCUT2D eigenvalue weighted by atomic mass is 10.2. The number of benzene rings is 1. The fourth-order valence-electron chi connectivity index (χ4n) is 1.56. The van der Waals surface area contributed by atoms with Gasteiger partial charge in [0.25, 0.3) is 0 Å². The fourth-order valence-corrected chi connectivity index (χ4v) is 1.93. The molecule has 1 aromatic carbocycles. The van der Waals surface area contributed by atoms with Crippen molar-refractivity contribution in [2.45, 2.75) is 6.61 Å². The molecular weight excluding hydrogens is 326 g/mol. The number of hydrogen-bond acceptors (Lipinski definition) is 4. The number of halogens is 1. The van der Waals surface area contributed by atoms with E-state index in [1.807, 2.05) is 18.2 Å². The maximum absolute atomic E-state index is 10.8. The van der Waals surface area contributed by atoms with Crippen LogP contribution in [-0.4, -0.2) is 23.2 Å². The first kappa shape index (κ1) is 14.3. The number of rotatable bonds is 5. The second kappa shape index (κ2) is 6.38. The maximum Gasteiger partial charge on any atom is 0.337 e. The molecule has 2 aromatic rings. The van der Waals surface area contributed by atoms with Gasteiger partial charge in [-0.15, -0.1) is 0 Å². The van der Waals surface area contributed by atoms with E-state index in [0.717, 1.165) is 15.8 Å². The lowest BCUT2D eigenvalue weighted by Gasteiger charge is -2.09. The topological polar surface area (TPSA) is 68.7 Å². The predicted molar refractivity (Wildman–Crippen MR) is 76.2 cm³/mol. The van der Waals surface area contributed by atoms with Crippen LogP contribution in [0.15, 0.2) is 41.1 Å². The van der Waals surface area contributed by atoms with Crippen molar-refractivity contribution in [3.8, 4) is 11.5 Å². The van der Waals surface area contributed by atoms with Gasteiger partial charge in [-0.2, -0.15) is 0 Å². The van der Waals surface area contributed by atoms with Crippen LogP contribution in [0.5, 0.6) is 11.5 Å². The molecule has 5 nitrogen and oxygen atoms in total. The van der Waals surface area contributed by atoms with Gasteiger partial charge in [-0.1, -0.05) is 15.9 Å². The van der Waals surface area contributed by atoms with Crippen LogP contribution in [0.25, 0.3) is 0 Å². The molecule has 6 heteroatoms. The van der Waals surface area contributed by atoms with Crippen LogP contribution in [0.4, 0.5) is 0 Å². The zero-order valence-corrected chi connectivity index (χ0v) is 12.3. The number of aromatic nitrogens is 1. The minimum atomic E-state index is -1.04. The number of carbonyl (C=O) groups is 1. The first-order valence-corrected chi connectivity index (χ1v) is 6.53. The van der Waals surface area contributed by atoms with Crippen molar-refractivity contribution >= 4 is 21.9 Å². The van der Waals surface area contributed by atoms with E-state index < -0.39 is 5.97 Å². The smallest absolute Gasteiger partial charge is 0.337 e. The Morgan fingerprint density at radius 2 is 2.10 bits per heavy atom. The van der Waals surface area contributed by atoms with Gasteiger partial charge in [0, 0.05) is 16.2 Å². The molecule has 0 radical (unpaired) electrons. The van der Waals surface area contributed by atoms with Crippen LogP contribution in [-0.2, 0) is 6.61 Å². The highest BCUT2D eigenvalue weighted by molar-refractivity contribution is 9.10. The standard InChI is InChI=1S/C14H12BrNO4/c1-19-11-2-3-13(15)10(5-11)8-20-12-4-9(14(17)18)6-16-7-12/h2-7H,8H2,1H3,(H,17,18). The van der Waals surface area contributed by atoms with E-state index in [2.05, 4.69) is 20.9 Å². The highest BCUT2D eigenvalue weighted by Gasteiger charge is 2.07. The first-order valence-electron chi connectivity index (χ1n) is 5.73. The molecule has 0 aliphatic carbocycles. The molecule has 1 aromatic heterocycles. The third kappa shape index (κ3) is 3.48. The molecule has 0 spiro atoms. The quantitative estimate of drug-likeness (QED) is 0.907. The van der Waals surface area contributed by atoms with Gasteiger partial charge in [0.1, 0.15) is 18.1 Å². The number of pyridine rings is 1. The van der Waals surface area contributed by atoms with Crippen molar-refractivity contribution in [1.82, 2.24) is 4.98 Å². The lowest BCUT2D eigenvalue weighted by Crippen LogP contribution is -2.01. The summed E-state index contributed by atoms with van der Waals surface area (Å²) in [7, 11) is 1.59. The number of methoxy groups -OCH3 is 1. The molecule has 0 saturated carbocycles. The van der Waals surface area contributed by atoms with Crippen molar-refractivity contribution in [2.75, 3.05) is 7.11 Å². The zero-order chi connectivity index (χ0) is 14.5. The highest BCUT2D eigenvalue weighted by Crippen LogP contribution is 2.24. The summed E-state index contributed by atoms with van der Waals surface area (Å²) in [6.45, 7) is 0.280. The van der Waals surface area contributed by atoms with Crippen LogP contribution in [0.3, 0.4) is 0 Å². The third-order valence-corrected chi connectivity index (χ3v) is 3.38. The van der Waals surface area contributed by atoms with Gasteiger partial charge in [0.2, 0.25) is 0 Å². The van der Waals surface area contributed by atoms with Gasteiger partial charge in [-0.25, -0.2) is 4.79 Å².